The normalized spacial score (nSPS) is 12.2. The molecule has 0 spiro atoms. The predicted molar refractivity (Wildman–Crippen MR) is 270 cm³/mol. The highest BCUT2D eigenvalue weighted by atomic mass is 16.6. The summed E-state index contributed by atoms with van der Waals surface area (Å²) in [6, 6.07) is 0. The zero-order chi connectivity index (χ0) is 44.9. The molecule has 0 aliphatic carbocycles. The zero-order valence-electron chi connectivity index (χ0n) is 42.2. The highest BCUT2D eigenvalue weighted by Gasteiger charge is 2.17. The van der Waals surface area contributed by atoms with E-state index < -0.39 is 6.10 Å². The van der Waals surface area contributed by atoms with Gasteiger partial charge in [0.05, 0.1) is 6.61 Å². The molecule has 5 heteroatoms. The molecule has 62 heavy (non-hydrogen) atoms. The SMILES string of the molecule is CCCC/C=C\CCCCCCCC(=O)O[C@H](COCCCCCCCCCCCCCCCCCC)COC(=O)CCCCCCCCCCC/C=C\CCCCCCCC. The first-order valence-electron chi connectivity index (χ1n) is 27.9. The van der Waals surface area contributed by atoms with Crippen LogP contribution in [0.1, 0.15) is 303 Å². The Labute approximate surface area is 387 Å². The Balaban J connectivity index is 4.16. The molecule has 0 rings (SSSR count). The second kappa shape index (κ2) is 53.7. The van der Waals surface area contributed by atoms with Crippen LogP contribution >= 0.6 is 0 Å². The van der Waals surface area contributed by atoms with Crippen LogP contribution in [0.4, 0.5) is 0 Å². The predicted octanol–water partition coefficient (Wildman–Crippen LogP) is 18.8. The summed E-state index contributed by atoms with van der Waals surface area (Å²) in [5.41, 5.74) is 0. The molecule has 0 heterocycles. The molecule has 0 saturated heterocycles. The van der Waals surface area contributed by atoms with Gasteiger partial charge in [0, 0.05) is 19.4 Å². The Morgan fingerprint density at radius 3 is 1.03 bits per heavy atom. The Kier molecular flexibility index (Phi) is 52.3. The van der Waals surface area contributed by atoms with Crippen LogP contribution in [-0.4, -0.2) is 37.9 Å². The minimum absolute atomic E-state index is 0.0875. The molecule has 366 valence electrons. The molecule has 0 N–H and O–H groups in total. The van der Waals surface area contributed by atoms with Crippen LogP contribution in [0.5, 0.6) is 0 Å². The van der Waals surface area contributed by atoms with E-state index in [1.54, 1.807) is 0 Å². The second-order valence-electron chi connectivity index (χ2n) is 18.8. The van der Waals surface area contributed by atoms with Gasteiger partial charge in [0.1, 0.15) is 6.61 Å². The van der Waals surface area contributed by atoms with Gasteiger partial charge >= 0.3 is 11.9 Å². The van der Waals surface area contributed by atoms with Crippen molar-refractivity contribution in [2.45, 2.75) is 309 Å². The third kappa shape index (κ3) is 51.0. The quantitative estimate of drug-likeness (QED) is 0.0346. The van der Waals surface area contributed by atoms with E-state index in [0.29, 0.717) is 26.1 Å². The molecule has 0 amide bonds. The topological polar surface area (TPSA) is 61.8 Å². The third-order valence-corrected chi connectivity index (χ3v) is 12.5. The Hall–Kier alpha value is -1.62. The standard InChI is InChI=1S/C57H108O5/c1-4-7-10-13-16-19-22-24-26-28-29-30-31-33-36-38-41-44-47-50-56(58)61-54-55(62-57(59)51-48-45-42-39-35-21-18-15-12-9-6-3)53-60-52-49-46-43-40-37-34-32-27-25-23-20-17-14-11-8-5-2/h15,18,24,26,55H,4-14,16-17,19-23,25,27-54H2,1-3H3/b18-15-,26-24-/t55-/m1/s1. The summed E-state index contributed by atoms with van der Waals surface area (Å²) in [5, 5.41) is 0. The number of esters is 2. The minimum Gasteiger partial charge on any atom is -0.462 e. The number of hydrogen-bond acceptors (Lipinski definition) is 5. The fourth-order valence-corrected chi connectivity index (χ4v) is 8.25. The maximum Gasteiger partial charge on any atom is 0.306 e. The van der Waals surface area contributed by atoms with Crippen LogP contribution in [0.2, 0.25) is 0 Å². The number of carbonyl (C=O) groups is 2. The van der Waals surface area contributed by atoms with Crippen molar-refractivity contribution in [1.82, 2.24) is 0 Å². The van der Waals surface area contributed by atoms with E-state index in [4.69, 9.17) is 14.2 Å². The van der Waals surface area contributed by atoms with Crippen molar-refractivity contribution in [3.63, 3.8) is 0 Å². The summed E-state index contributed by atoms with van der Waals surface area (Å²) in [6.07, 6.45) is 63.4. The van der Waals surface area contributed by atoms with Crippen molar-refractivity contribution < 1.29 is 23.8 Å². The molecule has 0 bridgehead atoms. The van der Waals surface area contributed by atoms with Gasteiger partial charge in [0.15, 0.2) is 6.10 Å². The number of unbranched alkanes of at least 4 members (excludes halogenated alkanes) is 37. The maximum atomic E-state index is 12.8. The van der Waals surface area contributed by atoms with Crippen molar-refractivity contribution in [2.75, 3.05) is 19.8 Å². The first-order valence-corrected chi connectivity index (χ1v) is 27.9. The number of hydrogen-bond donors (Lipinski definition) is 0. The lowest BCUT2D eigenvalue weighted by atomic mass is 10.0. The number of ether oxygens (including phenoxy) is 3. The number of rotatable bonds is 52. The van der Waals surface area contributed by atoms with Crippen molar-refractivity contribution in [2.24, 2.45) is 0 Å². The molecule has 5 nitrogen and oxygen atoms in total. The van der Waals surface area contributed by atoms with Crippen LogP contribution in [0, 0.1) is 0 Å². The average molecular weight is 873 g/mol. The molecule has 0 unspecified atom stereocenters. The van der Waals surface area contributed by atoms with Crippen molar-refractivity contribution >= 4 is 11.9 Å². The zero-order valence-corrected chi connectivity index (χ0v) is 42.2. The molecule has 1 atom stereocenters. The van der Waals surface area contributed by atoms with Gasteiger partial charge in [-0.05, 0) is 64.2 Å². The molecule has 0 aromatic carbocycles. The summed E-state index contributed by atoms with van der Waals surface area (Å²) in [7, 11) is 0. The second-order valence-corrected chi connectivity index (χ2v) is 18.8. The first-order chi connectivity index (χ1) is 30.6. The number of allylic oxidation sites excluding steroid dienone is 4. The molecular weight excluding hydrogens is 765 g/mol. The molecule has 0 radical (unpaired) electrons. The van der Waals surface area contributed by atoms with Gasteiger partial charge < -0.3 is 14.2 Å². The maximum absolute atomic E-state index is 12.8. The highest BCUT2D eigenvalue weighted by molar-refractivity contribution is 5.70. The van der Waals surface area contributed by atoms with E-state index in [2.05, 4.69) is 45.1 Å². The van der Waals surface area contributed by atoms with Crippen molar-refractivity contribution in [1.29, 1.82) is 0 Å². The molecule has 0 saturated carbocycles. The smallest absolute Gasteiger partial charge is 0.306 e. The van der Waals surface area contributed by atoms with Crippen LogP contribution < -0.4 is 0 Å². The van der Waals surface area contributed by atoms with Crippen LogP contribution in [-0.2, 0) is 23.8 Å². The summed E-state index contributed by atoms with van der Waals surface area (Å²) in [6.45, 7) is 7.84. The number of carbonyl (C=O) groups excluding carboxylic acids is 2. The molecule has 0 aliphatic rings. The molecule has 0 aromatic heterocycles. The Bertz CT molecular complexity index is 943. The van der Waals surface area contributed by atoms with Gasteiger partial charge in [-0.15, -0.1) is 0 Å². The van der Waals surface area contributed by atoms with Gasteiger partial charge in [0.2, 0.25) is 0 Å². The fourth-order valence-electron chi connectivity index (χ4n) is 8.25. The fraction of sp³-hybridized carbons (Fsp3) is 0.895. The molecule has 0 aromatic rings. The Morgan fingerprint density at radius 1 is 0.339 bits per heavy atom. The van der Waals surface area contributed by atoms with Crippen LogP contribution in [0.25, 0.3) is 0 Å². The minimum atomic E-state index is -0.534. The van der Waals surface area contributed by atoms with E-state index in [0.717, 1.165) is 44.9 Å². The Morgan fingerprint density at radius 2 is 0.645 bits per heavy atom. The molecular formula is C57H108O5. The lowest BCUT2D eigenvalue weighted by Gasteiger charge is -2.18. The summed E-state index contributed by atoms with van der Waals surface area (Å²) in [5.74, 6) is -0.392. The summed E-state index contributed by atoms with van der Waals surface area (Å²) in [4.78, 5) is 25.4. The van der Waals surface area contributed by atoms with Gasteiger partial charge in [-0.25, -0.2) is 0 Å². The molecule has 0 aliphatic heterocycles. The van der Waals surface area contributed by atoms with E-state index in [1.165, 1.54) is 225 Å². The van der Waals surface area contributed by atoms with Crippen molar-refractivity contribution in [3.8, 4) is 0 Å². The lowest BCUT2D eigenvalue weighted by Crippen LogP contribution is -2.30. The lowest BCUT2D eigenvalue weighted by molar-refractivity contribution is -0.163. The van der Waals surface area contributed by atoms with Gasteiger partial charge in [-0.1, -0.05) is 251 Å². The highest BCUT2D eigenvalue weighted by Crippen LogP contribution is 2.16. The first kappa shape index (κ1) is 60.4. The van der Waals surface area contributed by atoms with Crippen LogP contribution in [0.3, 0.4) is 0 Å². The largest absolute Gasteiger partial charge is 0.462 e. The van der Waals surface area contributed by atoms with E-state index in [-0.39, 0.29) is 18.5 Å². The van der Waals surface area contributed by atoms with E-state index in [1.807, 2.05) is 0 Å². The monoisotopic (exact) mass is 873 g/mol. The average Bonchev–Trinajstić information content (AvgIpc) is 3.27. The summed E-state index contributed by atoms with van der Waals surface area (Å²) >= 11 is 0. The van der Waals surface area contributed by atoms with Crippen LogP contribution in [0.15, 0.2) is 24.3 Å². The van der Waals surface area contributed by atoms with Gasteiger partial charge in [-0.2, -0.15) is 0 Å². The van der Waals surface area contributed by atoms with Gasteiger partial charge in [0.25, 0.3) is 0 Å². The molecule has 0 fully saturated rings. The van der Waals surface area contributed by atoms with E-state index in [9.17, 15) is 9.59 Å². The van der Waals surface area contributed by atoms with Crippen molar-refractivity contribution in [3.05, 3.63) is 24.3 Å². The summed E-state index contributed by atoms with van der Waals surface area (Å²) < 4.78 is 17.4. The van der Waals surface area contributed by atoms with E-state index >= 15 is 0 Å². The van der Waals surface area contributed by atoms with Gasteiger partial charge in [-0.3, -0.25) is 9.59 Å². The third-order valence-electron chi connectivity index (χ3n) is 12.5.